The summed E-state index contributed by atoms with van der Waals surface area (Å²) in [5.74, 6) is 0. The van der Waals surface area contributed by atoms with Crippen molar-refractivity contribution in [1.29, 1.82) is 0 Å². The van der Waals surface area contributed by atoms with E-state index in [4.69, 9.17) is 5.14 Å². The second-order valence-electron chi connectivity index (χ2n) is 5.73. The van der Waals surface area contributed by atoms with Crippen molar-refractivity contribution in [3.05, 3.63) is 65.9 Å². The first kappa shape index (κ1) is 21.2. The number of benzene rings is 2. The Hall–Kier alpha value is -2.13. The number of rotatable bonds is 3. The van der Waals surface area contributed by atoms with Gasteiger partial charge in [-0.25, -0.2) is 18.2 Å². The standard InChI is InChI=1S/C17H14F3N3O2S.H2Se/c1-11-2-4-12(5-3-11)15-10-16(17(18,19)20)22-23(15)13-6-8-14(9-7-13)26(21,24)25;/h2-10H,1H3,(H2,21,24,25);1H2. The zero-order chi connectivity index (χ0) is 19.1. The summed E-state index contributed by atoms with van der Waals surface area (Å²) in [4.78, 5) is -0.138. The molecule has 144 valence electrons. The summed E-state index contributed by atoms with van der Waals surface area (Å²) in [6.07, 6.45) is -4.61. The van der Waals surface area contributed by atoms with Gasteiger partial charge in [-0.15, -0.1) is 0 Å². The van der Waals surface area contributed by atoms with Crippen molar-refractivity contribution < 1.29 is 21.6 Å². The van der Waals surface area contributed by atoms with Crippen molar-refractivity contribution in [3.63, 3.8) is 0 Å². The van der Waals surface area contributed by atoms with Crippen LogP contribution in [-0.2, 0) is 16.2 Å². The van der Waals surface area contributed by atoms with E-state index in [2.05, 4.69) is 5.10 Å². The zero-order valence-electron chi connectivity index (χ0n) is 14.0. The van der Waals surface area contributed by atoms with E-state index in [-0.39, 0.29) is 33.3 Å². The number of sulfonamides is 1. The molecule has 0 saturated heterocycles. The van der Waals surface area contributed by atoms with Gasteiger partial charge in [-0.3, -0.25) is 0 Å². The predicted octanol–water partition coefficient (Wildman–Crippen LogP) is 2.60. The van der Waals surface area contributed by atoms with Crippen molar-refractivity contribution in [1.82, 2.24) is 9.78 Å². The number of halogens is 3. The summed E-state index contributed by atoms with van der Waals surface area (Å²) in [5, 5.41) is 8.70. The van der Waals surface area contributed by atoms with Gasteiger partial charge in [-0.05, 0) is 37.3 Å². The van der Waals surface area contributed by atoms with E-state index >= 15 is 0 Å². The molecule has 1 heterocycles. The van der Waals surface area contributed by atoms with Gasteiger partial charge in [0.1, 0.15) is 0 Å². The van der Waals surface area contributed by atoms with Crippen molar-refractivity contribution in [2.45, 2.75) is 18.0 Å². The predicted molar refractivity (Wildman–Crippen MR) is 98.7 cm³/mol. The monoisotopic (exact) mass is 463 g/mol. The SMILES string of the molecule is Cc1ccc(-c2cc(C(F)(F)F)nn2-c2ccc(S(N)(=O)=O)cc2)cc1.[SeH2]. The maximum absolute atomic E-state index is 13.1. The Morgan fingerprint density at radius 1 is 1.00 bits per heavy atom. The van der Waals surface area contributed by atoms with Crippen LogP contribution in [0.1, 0.15) is 11.3 Å². The van der Waals surface area contributed by atoms with E-state index in [1.54, 1.807) is 24.3 Å². The Bertz CT molecular complexity index is 1040. The number of alkyl halides is 3. The van der Waals surface area contributed by atoms with Crippen molar-refractivity contribution in [3.8, 4) is 16.9 Å². The first-order chi connectivity index (χ1) is 12.1. The summed E-state index contributed by atoms with van der Waals surface area (Å²) < 4.78 is 63.2. The molecule has 0 fully saturated rings. The molecule has 5 nitrogen and oxygen atoms in total. The van der Waals surface area contributed by atoms with Gasteiger partial charge in [-0.2, -0.15) is 18.3 Å². The third-order valence-electron chi connectivity index (χ3n) is 3.76. The van der Waals surface area contributed by atoms with Crippen LogP contribution in [0.25, 0.3) is 16.9 Å². The van der Waals surface area contributed by atoms with Gasteiger partial charge in [0.25, 0.3) is 0 Å². The van der Waals surface area contributed by atoms with Crippen LogP contribution in [0, 0.1) is 6.92 Å². The minimum absolute atomic E-state index is 0. The number of nitrogens with zero attached hydrogens (tertiary/aromatic N) is 2. The molecule has 3 rings (SSSR count). The summed E-state index contributed by atoms with van der Waals surface area (Å²) >= 11 is 0. The third kappa shape index (κ3) is 4.59. The molecule has 2 N–H and O–H groups in total. The molecule has 0 aliphatic rings. The van der Waals surface area contributed by atoms with Crippen molar-refractivity contribution in [2.75, 3.05) is 0 Å². The molecule has 0 aliphatic heterocycles. The number of hydrogen-bond acceptors (Lipinski definition) is 3. The van der Waals surface area contributed by atoms with Crippen LogP contribution in [0.5, 0.6) is 0 Å². The number of aromatic nitrogens is 2. The molecule has 3 aromatic rings. The molecule has 0 amide bonds. The maximum atomic E-state index is 13.1. The molecule has 0 aliphatic carbocycles. The quantitative estimate of drug-likeness (QED) is 0.608. The van der Waals surface area contributed by atoms with Crippen LogP contribution in [0.2, 0.25) is 0 Å². The van der Waals surface area contributed by atoms with Crippen molar-refractivity contribution >= 4 is 27.1 Å². The normalized spacial score (nSPS) is 11.9. The molecule has 0 spiro atoms. The van der Waals surface area contributed by atoms with Crippen LogP contribution in [0.4, 0.5) is 13.2 Å². The van der Waals surface area contributed by atoms with E-state index in [0.29, 0.717) is 5.56 Å². The van der Waals surface area contributed by atoms with E-state index < -0.39 is 21.9 Å². The Kier molecular flexibility index (Phi) is 5.86. The van der Waals surface area contributed by atoms with Crippen molar-refractivity contribution in [2.24, 2.45) is 5.14 Å². The van der Waals surface area contributed by atoms with Gasteiger partial charge in [0.15, 0.2) is 5.69 Å². The molecule has 1 aromatic heterocycles. The summed E-state index contributed by atoms with van der Waals surface area (Å²) in [6, 6.07) is 13.1. The second kappa shape index (κ2) is 7.47. The fourth-order valence-electron chi connectivity index (χ4n) is 2.42. The Balaban J connectivity index is 0.00000261. The molecule has 10 heteroatoms. The molecular weight excluding hydrogens is 446 g/mol. The Morgan fingerprint density at radius 2 is 1.56 bits per heavy atom. The summed E-state index contributed by atoms with van der Waals surface area (Å²) in [7, 11) is -3.90. The topological polar surface area (TPSA) is 78.0 Å². The average molecular weight is 462 g/mol. The molecule has 0 atom stereocenters. The summed E-state index contributed by atoms with van der Waals surface area (Å²) in [5.41, 5.74) is 0.996. The molecule has 0 saturated carbocycles. The molecule has 27 heavy (non-hydrogen) atoms. The average Bonchev–Trinajstić information content (AvgIpc) is 3.00. The number of aryl methyl sites for hydroxylation is 1. The first-order valence-corrected chi connectivity index (χ1v) is 8.98. The summed E-state index contributed by atoms with van der Waals surface area (Å²) in [6.45, 7) is 1.87. The fourth-order valence-corrected chi connectivity index (χ4v) is 2.94. The number of hydrogen-bond donors (Lipinski definition) is 1. The van der Waals surface area contributed by atoms with Crippen LogP contribution in [0.3, 0.4) is 0 Å². The Labute approximate surface area is 164 Å². The van der Waals surface area contributed by atoms with Gasteiger partial charge >= 0.3 is 23.2 Å². The first-order valence-electron chi connectivity index (χ1n) is 7.43. The van der Waals surface area contributed by atoms with Crippen LogP contribution < -0.4 is 5.14 Å². The van der Waals surface area contributed by atoms with Gasteiger partial charge in [-0.1, -0.05) is 29.8 Å². The molecule has 0 radical (unpaired) electrons. The molecule has 2 aromatic carbocycles. The number of nitrogens with two attached hydrogens (primary N) is 1. The van der Waals surface area contributed by atoms with E-state index in [1.807, 2.05) is 6.92 Å². The van der Waals surface area contributed by atoms with Gasteiger partial charge in [0.05, 0.1) is 16.3 Å². The van der Waals surface area contributed by atoms with Gasteiger partial charge in [0, 0.05) is 5.56 Å². The second-order valence-corrected chi connectivity index (χ2v) is 7.29. The van der Waals surface area contributed by atoms with Crippen LogP contribution in [-0.4, -0.2) is 35.3 Å². The number of primary sulfonamides is 1. The van der Waals surface area contributed by atoms with Crippen LogP contribution >= 0.6 is 0 Å². The third-order valence-corrected chi connectivity index (χ3v) is 4.69. The van der Waals surface area contributed by atoms with Gasteiger partial charge < -0.3 is 0 Å². The minimum atomic E-state index is -4.61. The fraction of sp³-hybridized carbons (Fsp3) is 0.118. The molecule has 0 unspecified atom stereocenters. The Morgan fingerprint density at radius 3 is 2.04 bits per heavy atom. The molecular formula is C17H16F3N3O2SSe. The molecule has 0 bridgehead atoms. The zero-order valence-corrected chi connectivity index (χ0v) is 16.9. The van der Waals surface area contributed by atoms with Gasteiger partial charge in [0.2, 0.25) is 10.0 Å². The van der Waals surface area contributed by atoms with Crippen LogP contribution in [0.15, 0.2) is 59.5 Å². The van der Waals surface area contributed by atoms with E-state index in [1.165, 1.54) is 24.3 Å². The van der Waals surface area contributed by atoms with E-state index in [0.717, 1.165) is 16.3 Å². The van der Waals surface area contributed by atoms with E-state index in [9.17, 15) is 21.6 Å².